The van der Waals surface area contributed by atoms with Gasteiger partial charge in [-0.1, -0.05) is 36.9 Å². The Hall–Kier alpha value is -6.46. The first-order valence-corrected chi connectivity index (χ1v) is 16.8. The molecule has 0 spiro atoms. The second-order valence-corrected chi connectivity index (χ2v) is 12.7. The monoisotopic (exact) mass is 765 g/mol. The highest BCUT2D eigenvalue weighted by Crippen LogP contribution is 2.35. The van der Waals surface area contributed by atoms with Crippen molar-refractivity contribution in [2.24, 2.45) is 0 Å². The molecule has 55 heavy (non-hydrogen) atoms. The van der Waals surface area contributed by atoms with Crippen LogP contribution < -0.4 is 14.8 Å². The van der Waals surface area contributed by atoms with Crippen LogP contribution in [0.1, 0.15) is 61.7 Å². The topological polar surface area (TPSA) is 199 Å². The lowest BCUT2D eigenvalue weighted by Gasteiger charge is -2.20. The zero-order valence-corrected chi connectivity index (χ0v) is 30.9. The Bertz CT molecular complexity index is 1990. The summed E-state index contributed by atoms with van der Waals surface area (Å²) in [6.07, 6.45) is 0.985. The summed E-state index contributed by atoms with van der Waals surface area (Å²) in [6.45, 7) is 9.19. The van der Waals surface area contributed by atoms with Crippen LogP contribution >= 0.6 is 0 Å². The summed E-state index contributed by atoms with van der Waals surface area (Å²) in [5.74, 6) is -2.43. The van der Waals surface area contributed by atoms with Crippen molar-refractivity contribution in [3.8, 4) is 17.7 Å². The van der Waals surface area contributed by atoms with E-state index in [1.807, 2.05) is 0 Å². The van der Waals surface area contributed by atoms with E-state index in [1.165, 1.54) is 39.2 Å². The lowest BCUT2D eigenvalue weighted by atomic mass is 9.89. The van der Waals surface area contributed by atoms with Crippen molar-refractivity contribution in [1.29, 1.82) is 5.41 Å². The number of aromatic nitrogens is 5. The van der Waals surface area contributed by atoms with Crippen molar-refractivity contribution >= 4 is 24.1 Å². The maximum atomic E-state index is 16.4. The number of halogens is 2. The summed E-state index contributed by atoms with van der Waals surface area (Å²) in [5, 5.41) is 15.3. The van der Waals surface area contributed by atoms with Gasteiger partial charge in [-0.15, -0.1) is 9.78 Å². The molecule has 0 saturated heterocycles. The van der Waals surface area contributed by atoms with Crippen LogP contribution in [0, 0.1) is 18.2 Å². The number of amidine groups is 1. The number of amides is 1. The Labute approximate surface area is 315 Å². The van der Waals surface area contributed by atoms with E-state index in [0.717, 1.165) is 4.68 Å². The second-order valence-electron chi connectivity index (χ2n) is 12.7. The first-order valence-electron chi connectivity index (χ1n) is 16.8. The molecule has 4 aromatic rings. The van der Waals surface area contributed by atoms with Crippen LogP contribution in [0.3, 0.4) is 0 Å². The number of esters is 1. The fraction of sp³-hybridized carbons (Fsp3) is 0.351. The third-order valence-corrected chi connectivity index (χ3v) is 7.29. The van der Waals surface area contributed by atoms with E-state index in [2.05, 4.69) is 31.9 Å². The number of carbonyl (C=O) groups is 3. The van der Waals surface area contributed by atoms with Crippen LogP contribution in [0.2, 0.25) is 0 Å². The molecule has 0 aliphatic carbocycles. The van der Waals surface area contributed by atoms with E-state index in [4.69, 9.17) is 33.8 Å². The van der Waals surface area contributed by atoms with E-state index in [1.54, 1.807) is 50.2 Å². The van der Waals surface area contributed by atoms with Gasteiger partial charge in [-0.3, -0.25) is 15.5 Å². The molecule has 0 unspecified atom stereocenters. The molecule has 2 N–H and O–H groups in total. The molecule has 2 aromatic heterocycles. The Morgan fingerprint density at radius 3 is 2.38 bits per heavy atom. The molecule has 2 heterocycles. The van der Waals surface area contributed by atoms with Crippen molar-refractivity contribution < 1.29 is 51.6 Å². The normalized spacial score (nSPS) is 11.5. The van der Waals surface area contributed by atoms with Gasteiger partial charge in [-0.25, -0.2) is 28.3 Å². The Morgan fingerprint density at radius 2 is 1.73 bits per heavy atom. The summed E-state index contributed by atoms with van der Waals surface area (Å²) in [7, 11) is 0. The zero-order chi connectivity index (χ0) is 40.1. The molecule has 0 radical (unpaired) electrons. The van der Waals surface area contributed by atoms with Crippen LogP contribution in [-0.4, -0.2) is 87.7 Å². The number of aryl methyl sites for hydroxylation is 1. The van der Waals surface area contributed by atoms with E-state index in [0.29, 0.717) is 22.3 Å². The van der Waals surface area contributed by atoms with Crippen molar-refractivity contribution in [2.75, 3.05) is 33.3 Å². The number of alkyl halides is 1. The number of alkyl carbamates (subject to hydrolysis) is 1. The molecule has 4 rings (SSSR count). The summed E-state index contributed by atoms with van der Waals surface area (Å²) >= 11 is 0. The van der Waals surface area contributed by atoms with Gasteiger partial charge >= 0.3 is 24.2 Å². The van der Waals surface area contributed by atoms with Crippen LogP contribution in [0.15, 0.2) is 67.0 Å². The average Bonchev–Trinajstić information content (AvgIpc) is 3.56. The van der Waals surface area contributed by atoms with Crippen LogP contribution in [0.4, 0.5) is 18.4 Å². The van der Waals surface area contributed by atoms with Crippen molar-refractivity contribution in [2.45, 2.75) is 52.6 Å². The largest absolute Gasteiger partial charge is 0.511 e. The summed E-state index contributed by atoms with van der Waals surface area (Å²) < 4.78 is 61.9. The highest BCUT2D eigenvalue weighted by Gasteiger charge is 2.29. The van der Waals surface area contributed by atoms with Gasteiger partial charge < -0.3 is 28.4 Å². The minimum Gasteiger partial charge on any atom is -0.487 e. The molecule has 18 heteroatoms. The molecular formula is C37H41F2N7O9. The molecule has 2 aromatic carbocycles. The molecule has 0 saturated carbocycles. The fourth-order valence-electron chi connectivity index (χ4n) is 4.74. The van der Waals surface area contributed by atoms with Gasteiger partial charge in [0.05, 0.1) is 5.92 Å². The number of hydrogen-bond donors (Lipinski definition) is 2. The van der Waals surface area contributed by atoms with Gasteiger partial charge in [0.1, 0.15) is 37.9 Å². The van der Waals surface area contributed by atoms with Gasteiger partial charge in [0.15, 0.2) is 17.4 Å². The van der Waals surface area contributed by atoms with Gasteiger partial charge in [0, 0.05) is 30.4 Å². The first-order chi connectivity index (χ1) is 26.1. The van der Waals surface area contributed by atoms with Crippen LogP contribution in [-0.2, 0) is 30.2 Å². The standard InChI is InChI=1S/C37H41F2N7O9/c1-22(2)19-52-35(48)43-31(40)26-10-8-25(9-11-26)18-28(27-16-23(3)17-29(30(27)39)51-15-14-50-24(4)47)32-44-34(46(45-32)33-41-12-7-13-42-33)53-21-54-36(49)55-37(5,6)20-38/h7-13,16-17,28H,1,14-15,18-21H2,2-6H3,(H2,40,43,48)/t28-/m1/s1. The molecule has 1 amide bonds. The molecule has 0 fully saturated rings. The molecule has 0 aliphatic rings. The Kier molecular flexibility index (Phi) is 14.3. The Morgan fingerprint density at radius 1 is 1.02 bits per heavy atom. The average molecular weight is 766 g/mol. The number of nitrogens with zero attached hydrogens (tertiary/aromatic N) is 5. The number of hydrogen-bond acceptors (Lipinski definition) is 14. The number of ether oxygens (including phenoxy) is 6. The second kappa shape index (κ2) is 19.0. The summed E-state index contributed by atoms with van der Waals surface area (Å²) in [5.41, 5.74) is 0.983. The third kappa shape index (κ3) is 12.3. The van der Waals surface area contributed by atoms with Crippen molar-refractivity contribution in [1.82, 2.24) is 30.0 Å². The third-order valence-electron chi connectivity index (χ3n) is 7.29. The molecule has 0 bridgehead atoms. The van der Waals surface area contributed by atoms with E-state index >= 15 is 4.39 Å². The molecule has 16 nitrogen and oxygen atoms in total. The molecular weight excluding hydrogens is 724 g/mol. The predicted molar refractivity (Wildman–Crippen MR) is 191 cm³/mol. The highest BCUT2D eigenvalue weighted by molar-refractivity contribution is 6.04. The van der Waals surface area contributed by atoms with Gasteiger partial charge in [-0.2, -0.15) is 4.98 Å². The van der Waals surface area contributed by atoms with E-state index in [-0.39, 0.29) is 61.2 Å². The maximum Gasteiger partial charge on any atom is 0.511 e. The number of benzene rings is 2. The fourth-order valence-corrected chi connectivity index (χ4v) is 4.74. The first kappa shape index (κ1) is 41.3. The summed E-state index contributed by atoms with van der Waals surface area (Å²) in [4.78, 5) is 48.5. The lowest BCUT2D eigenvalue weighted by molar-refractivity contribution is -0.141. The minimum atomic E-state index is -1.43. The lowest BCUT2D eigenvalue weighted by Crippen LogP contribution is -2.31. The van der Waals surface area contributed by atoms with Crippen molar-refractivity contribution in [3.63, 3.8) is 0 Å². The highest BCUT2D eigenvalue weighted by atomic mass is 19.1. The Balaban J connectivity index is 1.71. The van der Waals surface area contributed by atoms with E-state index in [9.17, 15) is 18.8 Å². The van der Waals surface area contributed by atoms with Crippen molar-refractivity contribution in [3.05, 3.63) is 101 Å². The zero-order valence-electron chi connectivity index (χ0n) is 30.9. The van der Waals surface area contributed by atoms with E-state index < -0.39 is 49.0 Å². The minimum absolute atomic E-state index is 0.000768. The number of rotatable bonds is 17. The molecule has 292 valence electrons. The van der Waals surface area contributed by atoms with Gasteiger partial charge in [0.25, 0.3) is 5.95 Å². The summed E-state index contributed by atoms with van der Waals surface area (Å²) in [6, 6.07) is 11.0. The van der Waals surface area contributed by atoms with Crippen LogP contribution in [0.25, 0.3) is 5.95 Å². The van der Waals surface area contributed by atoms with Gasteiger partial charge in [-0.05, 0) is 62.9 Å². The SMILES string of the molecule is C=C(C)COC(=O)NC(=N)c1ccc(C[C@@H](c2nc(OCOC(=O)OC(C)(C)CF)n(-c3ncccn3)n2)c2cc(C)cc(OCCOC(C)=O)c2F)cc1. The molecule has 1 atom stereocenters. The number of carbonyl (C=O) groups excluding carboxylic acids is 3. The maximum absolute atomic E-state index is 16.4. The predicted octanol–water partition coefficient (Wildman–Crippen LogP) is 5.69. The number of nitrogens with one attached hydrogen (secondary N) is 2. The smallest absolute Gasteiger partial charge is 0.487 e. The molecule has 0 aliphatic heterocycles. The van der Waals surface area contributed by atoms with Crippen LogP contribution in [0.5, 0.6) is 11.8 Å². The quantitative estimate of drug-likeness (QED) is 0.0253. The van der Waals surface area contributed by atoms with Gasteiger partial charge in [0.2, 0.25) is 6.79 Å².